The molecule has 0 bridgehead atoms. The van der Waals surface area contributed by atoms with Gasteiger partial charge in [0, 0.05) is 0 Å². The quantitative estimate of drug-likeness (QED) is 0.536. The number of ether oxygens (including phenoxy) is 2. The lowest BCUT2D eigenvalue weighted by atomic mass is 10.1. The third-order valence-electron chi connectivity index (χ3n) is 4.33. The molecule has 0 fully saturated rings. The Labute approximate surface area is 178 Å². The molecule has 1 N–H and O–H groups in total. The molecule has 152 valence electrons. The van der Waals surface area contributed by atoms with Gasteiger partial charge in [-0.05, 0) is 54.1 Å². The largest absolute Gasteiger partial charge is 0.490 e. The van der Waals surface area contributed by atoms with Gasteiger partial charge in [-0.15, -0.1) is 0 Å². The minimum atomic E-state index is -0.436. The number of benzene rings is 2. The predicted octanol–water partition coefficient (Wildman–Crippen LogP) is 4.17. The molecule has 0 atom stereocenters. The van der Waals surface area contributed by atoms with Crippen LogP contribution >= 0.6 is 11.8 Å². The van der Waals surface area contributed by atoms with Crippen molar-refractivity contribution in [3.8, 4) is 11.5 Å². The minimum Gasteiger partial charge on any atom is -0.490 e. The first-order chi connectivity index (χ1) is 14.6. The fourth-order valence-electron chi connectivity index (χ4n) is 2.87. The number of amidine groups is 2. The van der Waals surface area contributed by atoms with Crippen molar-refractivity contribution in [2.45, 2.75) is 13.3 Å². The van der Waals surface area contributed by atoms with Gasteiger partial charge < -0.3 is 9.47 Å². The summed E-state index contributed by atoms with van der Waals surface area (Å²) in [7, 11) is 0. The van der Waals surface area contributed by atoms with Crippen molar-refractivity contribution in [1.29, 1.82) is 5.41 Å². The number of nitrogens with one attached hydrogen (secondary N) is 1. The Hall–Kier alpha value is -3.39. The molecule has 2 aliphatic heterocycles. The van der Waals surface area contributed by atoms with E-state index in [4.69, 9.17) is 14.9 Å². The van der Waals surface area contributed by atoms with Crippen LogP contribution in [0, 0.1) is 5.41 Å². The van der Waals surface area contributed by atoms with Crippen LogP contribution in [0.3, 0.4) is 0 Å². The fraction of sp³-hybridized carbons (Fsp3) is 0.182. The van der Waals surface area contributed by atoms with Gasteiger partial charge in [-0.2, -0.15) is 15.1 Å². The zero-order chi connectivity index (χ0) is 20.9. The first kappa shape index (κ1) is 19.9. The van der Waals surface area contributed by atoms with Crippen molar-refractivity contribution in [2.24, 2.45) is 10.1 Å². The maximum Gasteiger partial charge on any atom is 0.283 e. The van der Waals surface area contributed by atoms with Crippen molar-refractivity contribution in [3.05, 3.63) is 65.7 Å². The highest BCUT2D eigenvalue weighted by atomic mass is 32.2. The molecule has 0 radical (unpaired) electrons. The Morgan fingerprint density at radius 1 is 1.07 bits per heavy atom. The van der Waals surface area contributed by atoms with E-state index in [0.29, 0.717) is 24.1 Å². The molecule has 2 aromatic rings. The van der Waals surface area contributed by atoms with E-state index in [-0.39, 0.29) is 11.4 Å². The molecule has 0 saturated carbocycles. The second-order valence-corrected chi connectivity index (χ2v) is 7.49. The molecule has 0 aliphatic carbocycles. The molecule has 0 unspecified atom stereocenters. The third kappa shape index (κ3) is 4.44. The molecule has 0 spiro atoms. The molecule has 2 aromatic carbocycles. The first-order valence-electron chi connectivity index (χ1n) is 9.54. The summed E-state index contributed by atoms with van der Waals surface area (Å²) in [5.74, 6) is 1.04. The highest BCUT2D eigenvalue weighted by Gasteiger charge is 2.35. The number of hydrazone groups is 1. The zero-order valence-corrected chi connectivity index (χ0v) is 17.2. The number of carbonyl (C=O) groups is 1. The molecule has 1 amide bonds. The summed E-state index contributed by atoms with van der Waals surface area (Å²) < 4.78 is 11.4. The Balaban J connectivity index is 1.42. The van der Waals surface area contributed by atoms with Crippen LogP contribution in [0.4, 0.5) is 0 Å². The minimum absolute atomic E-state index is 0.0310. The first-order valence-corrected chi connectivity index (χ1v) is 10.4. The van der Waals surface area contributed by atoms with E-state index < -0.39 is 5.91 Å². The summed E-state index contributed by atoms with van der Waals surface area (Å²) in [4.78, 5) is 16.5. The number of hydrogen-bond acceptors (Lipinski definition) is 6. The molecule has 0 saturated heterocycles. The molecule has 2 heterocycles. The fourth-order valence-corrected chi connectivity index (χ4v) is 3.70. The average Bonchev–Trinajstić information content (AvgIpc) is 3.18. The molecular weight excluding hydrogens is 400 g/mol. The van der Waals surface area contributed by atoms with Gasteiger partial charge in [0.05, 0.1) is 5.57 Å². The second-order valence-electron chi connectivity index (χ2n) is 6.45. The number of carbonyl (C=O) groups excluding carboxylic acids is 1. The number of nitrogens with zero attached hydrogens (tertiary/aromatic N) is 3. The molecular formula is C22H20N4O3S. The summed E-state index contributed by atoms with van der Waals surface area (Å²) in [6.45, 7) is 2.78. The van der Waals surface area contributed by atoms with Gasteiger partial charge in [-0.1, -0.05) is 37.3 Å². The summed E-state index contributed by atoms with van der Waals surface area (Å²) in [5.41, 5.74) is 0.944. The smallest absolute Gasteiger partial charge is 0.283 e. The lowest BCUT2D eigenvalue weighted by molar-refractivity contribution is -0.114. The van der Waals surface area contributed by atoms with Crippen molar-refractivity contribution >= 4 is 39.8 Å². The zero-order valence-electron chi connectivity index (χ0n) is 16.4. The molecule has 0 aromatic heterocycles. The predicted molar refractivity (Wildman–Crippen MR) is 119 cm³/mol. The second kappa shape index (κ2) is 8.96. The standard InChI is InChI=1S/C22H20N4O3S/c1-2-19-25-26-20(23)18(21(27)24-22(26)30-19)14-15-7-6-10-17(13-15)29-12-11-28-16-8-4-3-5-9-16/h3-10,13-14,23H,2,11-12H2,1H3. The van der Waals surface area contributed by atoms with E-state index in [1.54, 1.807) is 6.08 Å². The van der Waals surface area contributed by atoms with Crippen LogP contribution in [-0.4, -0.2) is 40.2 Å². The number of thioether (sulfide) groups is 1. The molecule has 8 heteroatoms. The van der Waals surface area contributed by atoms with Crippen LogP contribution in [0.5, 0.6) is 11.5 Å². The van der Waals surface area contributed by atoms with Gasteiger partial charge in [-0.3, -0.25) is 10.2 Å². The highest BCUT2D eigenvalue weighted by Crippen LogP contribution is 2.29. The number of hydrogen-bond donors (Lipinski definition) is 1. The number of aliphatic imine (C=N–C) groups is 1. The lowest BCUT2D eigenvalue weighted by Gasteiger charge is -2.20. The van der Waals surface area contributed by atoms with E-state index in [9.17, 15) is 4.79 Å². The number of fused-ring (bicyclic) bond motifs is 1. The van der Waals surface area contributed by atoms with Gasteiger partial charge in [-0.25, -0.2) is 0 Å². The van der Waals surface area contributed by atoms with Gasteiger partial charge in [0.1, 0.15) is 29.8 Å². The Bertz CT molecular complexity index is 1060. The van der Waals surface area contributed by atoms with E-state index in [1.807, 2.05) is 61.5 Å². The topological polar surface area (TPSA) is 87.3 Å². The summed E-state index contributed by atoms with van der Waals surface area (Å²) in [6, 6.07) is 16.9. The van der Waals surface area contributed by atoms with Crippen LogP contribution in [0.15, 0.2) is 70.3 Å². The maximum absolute atomic E-state index is 12.4. The summed E-state index contributed by atoms with van der Waals surface area (Å²) in [6.07, 6.45) is 2.37. The van der Waals surface area contributed by atoms with Crippen LogP contribution < -0.4 is 9.47 Å². The van der Waals surface area contributed by atoms with Crippen molar-refractivity contribution in [2.75, 3.05) is 13.2 Å². The molecule has 30 heavy (non-hydrogen) atoms. The van der Waals surface area contributed by atoms with Crippen LogP contribution in [-0.2, 0) is 4.79 Å². The molecule has 7 nitrogen and oxygen atoms in total. The highest BCUT2D eigenvalue weighted by molar-refractivity contribution is 8.26. The van der Waals surface area contributed by atoms with Gasteiger partial charge in [0.2, 0.25) is 5.17 Å². The van der Waals surface area contributed by atoms with E-state index in [2.05, 4.69) is 10.1 Å². The van der Waals surface area contributed by atoms with Gasteiger partial charge in [0.25, 0.3) is 5.91 Å². The van der Waals surface area contributed by atoms with Crippen molar-refractivity contribution < 1.29 is 14.3 Å². The summed E-state index contributed by atoms with van der Waals surface area (Å²) in [5, 5.41) is 15.4. The Morgan fingerprint density at radius 3 is 2.57 bits per heavy atom. The summed E-state index contributed by atoms with van der Waals surface area (Å²) >= 11 is 1.33. The van der Waals surface area contributed by atoms with Crippen molar-refractivity contribution in [3.63, 3.8) is 0 Å². The number of amides is 1. The van der Waals surface area contributed by atoms with E-state index >= 15 is 0 Å². The normalized spacial score (nSPS) is 17.0. The van der Waals surface area contributed by atoms with E-state index in [1.165, 1.54) is 16.8 Å². The Morgan fingerprint density at radius 2 is 1.80 bits per heavy atom. The van der Waals surface area contributed by atoms with E-state index in [0.717, 1.165) is 22.8 Å². The number of rotatable bonds is 7. The number of para-hydroxylation sites is 1. The SMILES string of the molecule is CCC1=NN2C(=N)C(=Cc3cccc(OCCOc4ccccc4)c3)C(=O)N=C2S1. The maximum atomic E-state index is 12.4. The van der Waals surface area contributed by atoms with Crippen LogP contribution in [0.2, 0.25) is 0 Å². The van der Waals surface area contributed by atoms with Crippen LogP contribution in [0.1, 0.15) is 18.9 Å². The van der Waals surface area contributed by atoms with Gasteiger partial charge in [0.15, 0.2) is 5.84 Å². The Kier molecular flexibility index (Phi) is 5.94. The van der Waals surface area contributed by atoms with Crippen LogP contribution in [0.25, 0.3) is 6.08 Å². The third-order valence-corrected chi connectivity index (χ3v) is 5.38. The molecule has 2 aliphatic rings. The monoisotopic (exact) mass is 420 g/mol. The average molecular weight is 420 g/mol. The lowest BCUT2D eigenvalue weighted by Crippen LogP contribution is -2.35. The van der Waals surface area contributed by atoms with Gasteiger partial charge >= 0.3 is 0 Å². The molecule has 4 rings (SSSR count). The van der Waals surface area contributed by atoms with Crippen molar-refractivity contribution in [1.82, 2.24) is 5.01 Å².